The van der Waals surface area contributed by atoms with E-state index < -0.39 is 16.0 Å². The lowest BCUT2D eigenvalue weighted by Crippen LogP contribution is -2.24. The summed E-state index contributed by atoms with van der Waals surface area (Å²) in [5.74, 6) is -0.870. The van der Waals surface area contributed by atoms with Crippen LogP contribution < -0.4 is 11.5 Å². The van der Waals surface area contributed by atoms with Gasteiger partial charge in [0.15, 0.2) is 5.96 Å². The highest BCUT2D eigenvalue weighted by atomic mass is 32.2. The van der Waals surface area contributed by atoms with Crippen molar-refractivity contribution in [1.29, 1.82) is 0 Å². The molecule has 0 bridgehead atoms. The Balaban J connectivity index is 0.000000550. The average Bonchev–Trinajstić information content (AvgIpc) is 2.99. The fourth-order valence-corrected chi connectivity index (χ4v) is 1.74. The zero-order valence-electron chi connectivity index (χ0n) is 13.1. The maximum atomic E-state index is 11.9. The maximum Gasteiger partial charge on any atom is 0.280 e. The van der Waals surface area contributed by atoms with Crippen LogP contribution in [-0.4, -0.2) is 47.1 Å². The Bertz CT molecular complexity index is 876. The fourth-order valence-electron chi connectivity index (χ4n) is 1.74. The zero-order valence-corrected chi connectivity index (χ0v) is 14.0. The Morgan fingerprint density at radius 3 is 2.24 bits per heavy atom. The molecule has 0 aliphatic rings. The third-order valence-electron chi connectivity index (χ3n) is 2.53. The first-order chi connectivity index (χ1) is 11.6. The van der Waals surface area contributed by atoms with Gasteiger partial charge in [-0.25, -0.2) is 0 Å². The summed E-state index contributed by atoms with van der Waals surface area (Å²) in [7, 11) is -3.67. The molecule has 11 heteroatoms. The highest BCUT2D eigenvalue weighted by molar-refractivity contribution is 7.85. The number of hydrogen-bond acceptors (Lipinski definition) is 5. The number of nitrogens with zero attached hydrogens (tertiary/aromatic N) is 3. The van der Waals surface area contributed by atoms with E-state index in [9.17, 15) is 13.2 Å². The molecule has 1 aromatic heterocycles. The van der Waals surface area contributed by atoms with Gasteiger partial charge in [0.05, 0.1) is 12.5 Å². The molecule has 25 heavy (non-hydrogen) atoms. The van der Waals surface area contributed by atoms with Crippen LogP contribution in [-0.2, 0) is 10.1 Å². The van der Waals surface area contributed by atoms with Crippen LogP contribution in [0.15, 0.2) is 52.9 Å². The second kappa shape index (κ2) is 8.61. The van der Waals surface area contributed by atoms with Crippen LogP contribution in [0.3, 0.4) is 0 Å². The van der Waals surface area contributed by atoms with Gasteiger partial charge in [-0.3, -0.25) is 9.35 Å². The van der Waals surface area contributed by atoms with Crippen molar-refractivity contribution in [2.45, 2.75) is 0 Å². The average molecular weight is 367 g/mol. The molecule has 134 valence electrons. The van der Waals surface area contributed by atoms with Crippen LogP contribution in [0.25, 0.3) is 5.69 Å². The standard InChI is InChI=1S/C13H13N5O2.CH4O3S/c14-13(15)17-12(19)10-5-9(8-16-20)6-11(7-10)18-3-1-2-4-18;1-5(2,3)4/h1-8,20H,(H4,14,15,17,19);1H3,(H,2,3,4)/b16-8-;. The van der Waals surface area contributed by atoms with Gasteiger partial charge in [0.2, 0.25) is 0 Å². The SMILES string of the molecule is CS(=O)(=O)O.NC(N)=NC(=O)c1cc(/C=N\O)cc(-n2cccc2)c1. The molecular formula is C14H17N5O5S. The first-order valence-corrected chi connectivity index (χ1v) is 8.47. The van der Waals surface area contributed by atoms with Crippen LogP contribution >= 0.6 is 0 Å². The number of guanidine groups is 1. The van der Waals surface area contributed by atoms with Crippen LogP contribution in [0.1, 0.15) is 15.9 Å². The summed E-state index contributed by atoms with van der Waals surface area (Å²) < 4.78 is 27.7. The summed E-state index contributed by atoms with van der Waals surface area (Å²) in [5.41, 5.74) is 12.0. The highest BCUT2D eigenvalue weighted by Crippen LogP contribution is 2.15. The molecule has 2 aromatic rings. The Hall–Kier alpha value is -3.18. The lowest BCUT2D eigenvalue weighted by atomic mass is 10.1. The summed E-state index contributed by atoms with van der Waals surface area (Å²) in [6, 6.07) is 8.63. The topological polar surface area (TPSA) is 173 Å². The quantitative estimate of drug-likeness (QED) is 0.197. The van der Waals surface area contributed by atoms with Gasteiger partial charge in [-0.15, -0.1) is 0 Å². The van der Waals surface area contributed by atoms with E-state index in [4.69, 9.17) is 21.2 Å². The van der Waals surface area contributed by atoms with E-state index in [1.807, 2.05) is 24.5 Å². The van der Waals surface area contributed by atoms with Gasteiger partial charge < -0.3 is 21.2 Å². The number of carbonyl (C=O) groups excluding carboxylic acids is 1. The molecule has 1 aromatic carbocycles. The Kier molecular flexibility index (Phi) is 6.84. The van der Waals surface area contributed by atoms with Gasteiger partial charge in [0, 0.05) is 23.6 Å². The van der Waals surface area contributed by atoms with Crippen molar-refractivity contribution >= 4 is 28.2 Å². The van der Waals surface area contributed by atoms with Gasteiger partial charge in [-0.2, -0.15) is 13.4 Å². The van der Waals surface area contributed by atoms with Crippen molar-refractivity contribution < 1.29 is 23.0 Å². The minimum absolute atomic E-state index is 0.291. The molecule has 2 rings (SSSR count). The third-order valence-corrected chi connectivity index (χ3v) is 2.53. The van der Waals surface area contributed by atoms with Crippen LogP contribution in [0.4, 0.5) is 0 Å². The fraction of sp³-hybridized carbons (Fsp3) is 0.0714. The lowest BCUT2D eigenvalue weighted by Gasteiger charge is -2.06. The first kappa shape index (κ1) is 19.9. The molecule has 0 aliphatic carbocycles. The summed E-state index contributed by atoms with van der Waals surface area (Å²) >= 11 is 0. The van der Waals surface area contributed by atoms with Crippen molar-refractivity contribution in [3.8, 4) is 5.69 Å². The Morgan fingerprint density at radius 2 is 1.76 bits per heavy atom. The smallest absolute Gasteiger partial charge is 0.280 e. The summed E-state index contributed by atoms with van der Waals surface area (Å²) in [5, 5.41) is 11.6. The summed E-state index contributed by atoms with van der Waals surface area (Å²) in [4.78, 5) is 15.4. The molecule has 0 aliphatic heterocycles. The van der Waals surface area contributed by atoms with E-state index in [0.29, 0.717) is 17.4 Å². The van der Waals surface area contributed by atoms with Gasteiger partial charge in [0.1, 0.15) is 0 Å². The molecule has 0 spiro atoms. The van der Waals surface area contributed by atoms with E-state index in [-0.39, 0.29) is 5.96 Å². The van der Waals surface area contributed by atoms with E-state index in [2.05, 4.69) is 10.1 Å². The summed E-state index contributed by atoms with van der Waals surface area (Å²) in [6.45, 7) is 0. The molecule has 0 saturated heterocycles. The molecular weight excluding hydrogens is 350 g/mol. The van der Waals surface area contributed by atoms with Crippen LogP contribution in [0.2, 0.25) is 0 Å². The van der Waals surface area contributed by atoms with Crippen molar-refractivity contribution in [3.05, 3.63) is 53.9 Å². The van der Waals surface area contributed by atoms with Crippen molar-refractivity contribution in [2.24, 2.45) is 21.6 Å². The number of aliphatic imine (C=N–C) groups is 1. The van der Waals surface area contributed by atoms with E-state index in [0.717, 1.165) is 5.69 Å². The van der Waals surface area contributed by atoms with E-state index in [1.165, 1.54) is 12.3 Å². The van der Waals surface area contributed by atoms with Crippen molar-refractivity contribution in [1.82, 2.24) is 4.57 Å². The second-order valence-corrected chi connectivity index (χ2v) is 6.19. The molecule has 0 saturated carbocycles. The van der Waals surface area contributed by atoms with Crippen LogP contribution in [0.5, 0.6) is 0 Å². The number of carbonyl (C=O) groups is 1. The van der Waals surface area contributed by atoms with Crippen molar-refractivity contribution in [2.75, 3.05) is 6.26 Å². The van der Waals surface area contributed by atoms with Crippen molar-refractivity contribution in [3.63, 3.8) is 0 Å². The van der Waals surface area contributed by atoms with Gasteiger partial charge >= 0.3 is 0 Å². The minimum atomic E-state index is -3.67. The number of aromatic nitrogens is 1. The molecule has 0 unspecified atom stereocenters. The molecule has 1 heterocycles. The molecule has 0 radical (unpaired) electrons. The Morgan fingerprint density at radius 1 is 1.20 bits per heavy atom. The molecule has 6 N–H and O–H groups in total. The summed E-state index contributed by atoms with van der Waals surface area (Å²) in [6.07, 6.45) is 5.58. The molecule has 0 atom stereocenters. The normalized spacial score (nSPS) is 10.8. The van der Waals surface area contributed by atoms with Gasteiger partial charge in [0.25, 0.3) is 16.0 Å². The maximum absolute atomic E-state index is 11.9. The molecule has 10 nitrogen and oxygen atoms in total. The molecule has 0 fully saturated rings. The third kappa shape index (κ3) is 7.76. The first-order valence-electron chi connectivity index (χ1n) is 6.62. The number of amides is 1. The minimum Gasteiger partial charge on any atom is -0.411 e. The largest absolute Gasteiger partial charge is 0.411 e. The van der Waals surface area contributed by atoms with E-state index >= 15 is 0 Å². The van der Waals surface area contributed by atoms with E-state index in [1.54, 1.807) is 16.7 Å². The lowest BCUT2D eigenvalue weighted by molar-refractivity contribution is 0.100. The van der Waals surface area contributed by atoms with Crippen LogP contribution in [0, 0.1) is 0 Å². The number of nitrogens with two attached hydrogens (primary N) is 2. The number of oxime groups is 1. The zero-order chi connectivity index (χ0) is 19.0. The monoisotopic (exact) mass is 367 g/mol. The predicted octanol–water partition coefficient (Wildman–Crippen LogP) is 0.203. The number of rotatable bonds is 3. The number of hydrogen-bond donors (Lipinski definition) is 4. The Labute approximate surface area is 143 Å². The van der Waals surface area contributed by atoms with Gasteiger partial charge in [-0.1, -0.05) is 5.16 Å². The second-order valence-electron chi connectivity index (χ2n) is 4.72. The number of benzene rings is 1. The highest BCUT2D eigenvalue weighted by Gasteiger charge is 2.09. The van der Waals surface area contributed by atoms with Gasteiger partial charge in [-0.05, 0) is 35.9 Å². The molecule has 1 amide bonds. The predicted molar refractivity (Wildman–Crippen MR) is 92.8 cm³/mol.